The van der Waals surface area contributed by atoms with Crippen molar-refractivity contribution in [2.24, 2.45) is 0 Å². The predicted octanol–water partition coefficient (Wildman–Crippen LogP) is 6.05. The smallest absolute Gasteiger partial charge is 0.256 e. The van der Waals surface area contributed by atoms with Crippen LogP contribution in [0.1, 0.15) is 55.3 Å². The van der Waals surface area contributed by atoms with Gasteiger partial charge in [0.15, 0.2) is 0 Å². The molecule has 7 heteroatoms. The maximum Gasteiger partial charge on any atom is 0.256 e. The Balaban J connectivity index is 1.59. The van der Waals surface area contributed by atoms with E-state index in [-0.39, 0.29) is 23.4 Å². The highest BCUT2D eigenvalue weighted by atomic mass is 35.5. The molecule has 0 unspecified atom stereocenters. The molecule has 2 aromatic rings. The van der Waals surface area contributed by atoms with Crippen molar-refractivity contribution >= 4 is 40.9 Å². The topological polar surface area (TPSA) is 58.2 Å². The van der Waals surface area contributed by atoms with Crippen LogP contribution in [-0.4, -0.2) is 23.6 Å². The van der Waals surface area contributed by atoms with Gasteiger partial charge in [0.2, 0.25) is 5.91 Å². The molecular weight excluding hydrogens is 423 g/mol. The second-order valence-corrected chi connectivity index (χ2v) is 8.93. The van der Waals surface area contributed by atoms with E-state index < -0.39 is 11.7 Å². The molecule has 30 heavy (non-hydrogen) atoms. The molecule has 1 saturated carbocycles. The third-order valence-corrected chi connectivity index (χ3v) is 6.45. The lowest BCUT2D eigenvalue weighted by Crippen LogP contribution is -2.36. The molecule has 4 nitrogen and oxygen atoms in total. The van der Waals surface area contributed by atoms with Crippen molar-refractivity contribution in [3.8, 4) is 0 Å². The fourth-order valence-electron chi connectivity index (χ4n) is 3.58. The maximum absolute atomic E-state index is 13.9. The molecule has 1 aliphatic rings. The number of anilines is 1. The first-order valence-corrected chi connectivity index (χ1v) is 11.7. The van der Waals surface area contributed by atoms with Gasteiger partial charge >= 0.3 is 0 Å². The monoisotopic (exact) mass is 448 g/mol. The second-order valence-electron chi connectivity index (χ2n) is 7.47. The van der Waals surface area contributed by atoms with Crippen molar-refractivity contribution in [3.63, 3.8) is 0 Å². The summed E-state index contributed by atoms with van der Waals surface area (Å²) in [6.45, 7) is 0. The van der Waals surface area contributed by atoms with Gasteiger partial charge in [0, 0.05) is 16.0 Å². The van der Waals surface area contributed by atoms with Crippen LogP contribution in [0.2, 0.25) is 5.02 Å². The molecule has 2 aromatic carbocycles. The Hall–Kier alpha value is -2.05. The summed E-state index contributed by atoms with van der Waals surface area (Å²) < 4.78 is 13.9. The summed E-state index contributed by atoms with van der Waals surface area (Å²) in [5, 5.41) is 6.03. The molecule has 1 fully saturated rings. The quantitative estimate of drug-likeness (QED) is 0.528. The Kier molecular flexibility index (Phi) is 8.58. The number of benzene rings is 2. The first-order chi connectivity index (χ1) is 14.5. The van der Waals surface area contributed by atoms with E-state index in [1.165, 1.54) is 49.2 Å². The van der Waals surface area contributed by atoms with Crippen LogP contribution in [0.3, 0.4) is 0 Å². The van der Waals surface area contributed by atoms with E-state index in [4.69, 9.17) is 11.6 Å². The minimum atomic E-state index is -0.559. The molecule has 0 spiro atoms. The summed E-state index contributed by atoms with van der Waals surface area (Å²) in [6, 6.07) is 11.2. The predicted molar refractivity (Wildman–Crippen MR) is 121 cm³/mol. The van der Waals surface area contributed by atoms with Crippen molar-refractivity contribution in [1.29, 1.82) is 0 Å². The van der Waals surface area contributed by atoms with Crippen LogP contribution in [0.5, 0.6) is 0 Å². The van der Waals surface area contributed by atoms with Gasteiger partial charge in [-0.15, -0.1) is 11.8 Å². The number of nitrogens with one attached hydrogen (secondary N) is 2. The van der Waals surface area contributed by atoms with Crippen LogP contribution in [-0.2, 0) is 4.79 Å². The minimum absolute atomic E-state index is 0.0225. The first-order valence-electron chi connectivity index (χ1n) is 10.3. The average molecular weight is 449 g/mol. The Morgan fingerprint density at radius 1 is 1.03 bits per heavy atom. The number of carbonyl (C=O) groups is 2. The highest BCUT2D eigenvalue weighted by molar-refractivity contribution is 8.00. The summed E-state index contributed by atoms with van der Waals surface area (Å²) in [6.07, 6.45) is 8.12. The highest BCUT2D eigenvalue weighted by Gasteiger charge is 2.17. The summed E-state index contributed by atoms with van der Waals surface area (Å²) in [7, 11) is 0. The van der Waals surface area contributed by atoms with Gasteiger partial charge in [-0.2, -0.15) is 0 Å². The molecule has 0 aromatic heterocycles. The van der Waals surface area contributed by atoms with Gasteiger partial charge < -0.3 is 10.6 Å². The fraction of sp³-hybridized carbons (Fsp3) is 0.391. The van der Waals surface area contributed by atoms with E-state index in [9.17, 15) is 14.0 Å². The molecule has 0 radical (unpaired) electrons. The van der Waals surface area contributed by atoms with Crippen LogP contribution in [0.4, 0.5) is 10.1 Å². The largest absolute Gasteiger partial charge is 0.353 e. The van der Waals surface area contributed by atoms with Gasteiger partial charge in [-0.05, 0) is 43.2 Å². The van der Waals surface area contributed by atoms with E-state index in [0.717, 1.165) is 25.7 Å². The number of carbonyl (C=O) groups excluding carboxylic acids is 2. The molecule has 0 saturated heterocycles. The Morgan fingerprint density at radius 2 is 1.73 bits per heavy atom. The van der Waals surface area contributed by atoms with E-state index in [0.29, 0.717) is 15.5 Å². The minimum Gasteiger partial charge on any atom is -0.353 e. The Morgan fingerprint density at radius 3 is 2.50 bits per heavy atom. The van der Waals surface area contributed by atoms with Crippen LogP contribution < -0.4 is 10.6 Å². The molecular formula is C23H26ClFN2O2S. The van der Waals surface area contributed by atoms with Gasteiger partial charge in [0.25, 0.3) is 5.91 Å². The zero-order valence-corrected chi connectivity index (χ0v) is 18.3. The lowest BCUT2D eigenvalue weighted by atomic mass is 9.97. The normalized spacial score (nSPS) is 15.1. The van der Waals surface area contributed by atoms with Crippen LogP contribution in [0.15, 0.2) is 47.4 Å². The van der Waals surface area contributed by atoms with Gasteiger partial charge in [0.1, 0.15) is 5.82 Å². The van der Waals surface area contributed by atoms with Crippen LogP contribution >= 0.6 is 23.4 Å². The summed E-state index contributed by atoms with van der Waals surface area (Å²) in [5.74, 6) is -0.801. The third-order valence-electron chi connectivity index (χ3n) is 5.14. The molecule has 2 N–H and O–H groups in total. The molecule has 2 amide bonds. The van der Waals surface area contributed by atoms with Gasteiger partial charge in [0.05, 0.1) is 17.0 Å². The van der Waals surface area contributed by atoms with Crippen LogP contribution in [0, 0.1) is 5.82 Å². The maximum atomic E-state index is 13.9. The molecule has 0 bridgehead atoms. The number of thioether (sulfide) groups is 1. The Bertz CT molecular complexity index is 885. The molecule has 0 atom stereocenters. The zero-order valence-electron chi connectivity index (χ0n) is 16.8. The summed E-state index contributed by atoms with van der Waals surface area (Å²) in [4.78, 5) is 25.8. The lowest BCUT2D eigenvalue weighted by Gasteiger charge is -2.21. The molecule has 160 valence electrons. The van der Waals surface area contributed by atoms with Crippen molar-refractivity contribution in [2.75, 3.05) is 11.1 Å². The summed E-state index contributed by atoms with van der Waals surface area (Å²) in [5.41, 5.74) is 0.412. The van der Waals surface area contributed by atoms with E-state index in [1.54, 1.807) is 18.2 Å². The first kappa shape index (κ1) is 22.6. The van der Waals surface area contributed by atoms with Crippen molar-refractivity contribution in [2.45, 2.75) is 55.9 Å². The number of amides is 2. The third kappa shape index (κ3) is 6.74. The number of hydrogen-bond donors (Lipinski definition) is 2. The van der Waals surface area contributed by atoms with Gasteiger partial charge in [-0.1, -0.05) is 55.8 Å². The second kappa shape index (κ2) is 11.4. The molecule has 0 aliphatic heterocycles. The molecule has 1 aliphatic carbocycles. The lowest BCUT2D eigenvalue weighted by molar-refractivity contribution is -0.119. The van der Waals surface area contributed by atoms with Crippen molar-refractivity contribution < 1.29 is 14.0 Å². The standard InChI is InChI=1S/C23H26ClFN2O2S/c24-16-12-13-19(25)20(14-16)27-23(29)18-10-6-7-11-21(18)30-15-22(28)26-17-8-4-2-1-3-5-9-17/h6-7,10-14,17H,1-5,8-9,15H2,(H,26,28)(H,27,29). The fourth-order valence-corrected chi connectivity index (χ4v) is 4.61. The average Bonchev–Trinajstić information content (AvgIpc) is 2.71. The SMILES string of the molecule is O=C(CSc1ccccc1C(=O)Nc1cc(Cl)ccc1F)NC1CCCCCCC1. The summed E-state index contributed by atoms with van der Waals surface area (Å²) >= 11 is 7.20. The Labute approximate surface area is 186 Å². The van der Waals surface area contributed by atoms with E-state index >= 15 is 0 Å². The molecule has 0 heterocycles. The number of rotatable bonds is 6. The van der Waals surface area contributed by atoms with Crippen molar-refractivity contribution in [1.82, 2.24) is 5.32 Å². The number of halogens is 2. The van der Waals surface area contributed by atoms with E-state index in [2.05, 4.69) is 10.6 Å². The number of hydrogen-bond acceptors (Lipinski definition) is 3. The van der Waals surface area contributed by atoms with Gasteiger partial charge in [-0.25, -0.2) is 4.39 Å². The zero-order chi connectivity index (χ0) is 21.3. The van der Waals surface area contributed by atoms with Crippen molar-refractivity contribution in [3.05, 3.63) is 58.9 Å². The van der Waals surface area contributed by atoms with E-state index in [1.807, 2.05) is 6.07 Å². The van der Waals surface area contributed by atoms with Crippen LogP contribution in [0.25, 0.3) is 0 Å². The highest BCUT2D eigenvalue weighted by Crippen LogP contribution is 2.25. The van der Waals surface area contributed by atoms with Gasteiger partial charge in [-0.3, -0.25) is 9.59 Å². The molecule has 3 rings (SSSR count).